The zero-order valence-corrected chi connectivity index (χ0v) is 11.3. The number of hydrogen-bond acceptors (Lipinski definition) is 6. The average Bonchev–Trinajstić information content (AvgIpc) is 2.45. The summed E-state index contributed by atoms with van der Waals surface area (Å²) in [5, 5.41) is 12.8. The van der Waals surface area contributed by atoms with Crippen LogP contribution >= 0.6 is 11.6 Å². The number of benzene rings is 1. The van der Waals surface area contributed by atoms with Crippen LogP contribution in [0.25, 0.3) is 0 Å². The van der Waals surface area contributed by atoms with Crippen LogP contribution in [0.5, 0.6) is 0 Å². The molecule has 0 radical (unpaired) electrons. The molecule has 0 spiro atoms. The van der Waals surface area contributed by atoms with Crippen LogP contribution in [0.2, 0.25) is 5.02 Å². The quantitative estimate of drug-likeness (QED) is 0.302. The average molecular weight is 330 g/mol. The fraction of sp³-hybridized carbons (Fsp3) is 0. The van der Waals surface area contributed by atoms with Gasteiger partial charge in [-0.05, 0) is 12.1 Å². The molecule has 1 aromatic carbocycles. The molecular formula is C10H8ClN5O6. The van der Waals surface area contributed by atoms with Crippen molar-refractivity contribution in [2.45, 2.75) is 0 Å². The van der Waals surface area contributed by atoms with Crippen LogP contribution in [0.1, 0.15) is 0 Å². The number of nitrogens with two attached hydrogens (primary N) is 1. The van der Waals surface area contributed by atoms with E-state index in [9.17, 15) is 29.3 Å². The third kappa shape index (κ3) is 4.42. The van der Waals surface area contributed by atoms with E-state index in [1.807, 2.05) is 5.32 Å². The van der Waals surface area contributed by atoms with Crippen LogP contribution in [0.3, 0.4) is 0 Å². The lowest BCUT2D eigenvalue weighted by Gasteiger charge is -2.07. The maximum absolute atomic E-state index is 11.5. The van der Waals surface area contributed by atoms with Gasteiger partial charge in [0.1, 0.15) is 5.69 Å². The lowest BCUT2D eigenvalue weighted by molar-refractivity contribution is -0.383. The Morgan fingerprint density at radius 1 is 1.09 bits per heavy atom. The summed E-state index contributed by atoms with van der Waals surface area (Å²) >= 11 is 5.59. The van der Waals surface area contributed by atoms with Crippen LogP contribution in [-0.4, -0.2) is 28.6 Å². The fourth-order valence-corrected chi connectivity index (χ4v) is 1.34. The number of halogens is 1. The van der Waals surface area contributed by atoms with Gasteiger partial charge in [0.05, 0.1) is 4.92 Å². The van der Waals surface area contributed by atoms with Gasteiger partial charge in [-0.25, -0.2) is 0 Å². The van der Waals surface area contributed by atoms with Crippen molar-refractivity contribution in [3.8, 4) is 0 Å². The van der Waals surface area contributed by atoms with Gasteiger partial charge in [0.15, 0.2) is 0 Å². The molecule has 0 fully saturated rings. The van der Waals surface area contributed by atoms with Gasteiger partial charge in [0, 0.05) is 11.1 Å². The monoisotopic (exact) mass is 329 g/mol. The standard InChI is InChI=1S/C10H8ClN5O6/c11-4-1-2-5(6(3-4)16(21)22)13-9(19)10(20)15-14-8(18)7(12)17/h1-3H,(H2,12,17)(H,13,19)(H,14,18)(H,15,20). The summed E-state index contributed by atoms with van der Waals surface area (Å²) in [5.74, 6) is -5.43. The summed E-state index contributed by atoms with van der Waals surface area (Å²) in [4.78, 5) is 54.0. The van der Waals surface area contributed by atoms with E-state index in [-0.39, 0.29) is 10.7 Å². The molecule has 0 aliphatic heterocycles. The van der Waals surface area contributed by atoms with E-state index in [0.29, 0.717) is 0 Å². The summed E-state index contributed by atoms with van der Waals surface area (Å²) in [6.07, 6.45) is 0. The van der Waals surface area contributed by atoms with Crippen molar-refractivity contribution in [2.75, 3.05) is 5.32 Å². The molecule has 1 aromatic rings. The summed E-state index contributed by atoms with van der Waals surface area (Å²) < 4.78 is 0. The number of primary amides is 1. The second-order valence-electron chi connectivity index (χ2n) is 3.65. The second-order valence-corrected chi connectivity index (χ2v) is 4.08. The summed E-state index contributed by atoms with van der Waals surface area (Å²) in [6, 6.07) is 3.36. The van der Waals surface area contributed by atoms with Crippen LogP contribution in [0, 0.1) is 10.1 Å². The smallest absolute Gasteiger partial charge is 0.328 e. The lowest BCUT2D eigenvalue weighted by Crippen LogP contribution is -2.50. The Labute approximate surface area is 126 Å². The molecule has 4 amide bonds. The van der Waals surface area contributed by atoms with Gasteiger partial charge in [0.2, 0.25) is 0 Å². The normalized spacial score (nSPS) is 9.50. The van der Waals surface area contributed by atoms with Crippen LogP contribution in [0.15, 0.2) is 18.2 Å². The Balaban J connectivity index is 2.77. The molecule has 5 N–H and O–H groups in total. The van der Waals surface area contributed by atoms with Crippen molar-refractivity contribution in [3.05, 3.63) is 33.3 Å². The number of amides is 4. The van der Waals surface area contributed by atoms with Gasteiger partial charge < -0.3 is 11.1 Å². The van der Waals surface area contributed by atoms with E-state index in [0.717, 1.165) is 12.1 Å². The second kappa shape index (κ2) is 6.99. The van der Waals surface area contributed by atoms with E-state index >= 15 is 0 Å². The van der Waals surface area contributed by atoms with Crippen LogP contribution in [0.4, 0.5) is 11.4 Å². The minimum atomic E-state index is -1.38. The minimum absolute atomic E-state index is 0.0582. The molecule has 11 nitrogen and oxygen atoms in total. The highest BCUT2D eigenvalue weighted by Crippen LogP contribution is 2.27. The molecular weight excluding hydrogens is 322 g/mol. The van der Waals surface area contributed by atoms with E-state index in [1.54, 1.807) is 10.9 Å². The highest BCUT2D eigenvalue weighted by molar-refractivity contribution is 6.41. The summed E-state index contributed by atoms with van der Waals surface area (Å²) in [5.41, 5.74) is 6.95. The van der Waals surface area contributed by atoms with Gasteiger partial charge in [-0.1, -0.05) is 11.6 Å². The molecule has 116 valence electrons. The molecule has 0 unspecified atom stereocenters. The molecule has 1 rings (SSSR count). The molecule has 0 aromatic heterocycles. The number of hydrazine groups is 1. The van der Waals surface area contributed by atoms with Crippen LogP contribution < -0.4 is 21.9 Å². The molecule has 0 aliphatic rings. The number of nitrogens with one attached hydrogen (secondary N) is 3. The Bertz CT molecular complexity index is 676. The Morgan fingerprint density at radius 3 is 2.23 bits per heavy atom. The van der Waals surface area contributed by atoms with E-state index in [1.165, 1.54) is 6.07 Å². The summed E-state index contributed by atoms with van der Waals surface area (Å²) in [7, 11) is 0. The van der Waals surface area contributed by atoms with Gasteiger partial charge in [0.25, 0.3) is 5.69 Å². The lowest BCUT2D eigenvalue weighted by atomic mass is 10.2. The summed E-state index contributed by atoms with van der Waals surface area (Å²) in [6.45, 7) is 0. The molecule has 0 atom stereocenters. The third-order valence-electron chi connectivity index (χ3n) is 2.12. The number of anilines is 1. The largest absolute Gasteiger partial charge is 0.361 e. The molecule has 0 heterocycles. The highest BCUT2D eigenvalue weighted by atomic mass is 35.5. The number of nitro benzene ring substituents is 1. The number of nitro groups is 1. The van der Waals surface area contributed by atoms with E-state index in [2.05, 4.69) is 5.73 Å². The van der Waals surface area contributed by atoms with Gasteiger partial charge in [-0.2, -0.15) is 0 Å². The van der Waals surface area contributed by atoms with E-state index in [4.69, 9.17) is 11.6 Å². The predicted octanol–water partition coefficient (Wildman–Crippen LogP) is -1.18. The van der Waals surface area contributed by atoms with Crippen molar-refractivity contribution < 1.29 is 24.1 Å². The number of nitrogens with zero attached hydrogens (tertiary/aromatic N) is 1. The first kappa shape index (κ1) is 16.8. The van der Waals surface area contributed by atoms with Crippen molar-refractivity contribution >= 4 is 46.6 Å². The Kier molecular flexibility index (Phi) is 5.35. The number of carbonyl (C=O) groups is 4. The first-order valence-electron chi connectivity index (χ1n) is 5.37. The third-order valence-corrected chi connectivity index (χ3v) is 2.36. The van der Waals surface area contributed by atoms with Crippen molar-refractivity contribution in [3.63, 3.8) is 0 Å². The molecule has 0 bridgehead atoms. The molecule has 12 heteroatoms. The van der Waals surface area contributed by atoms with Crippen LogP contribution in [-0.2, 0) is 19.2 Å². The predicted molar refractivity (Wildman–Crippen MR) is 72.2 cm³/mol. The number of hydrogen-bond donors (Lipinski definition) is 4. The Hall–Kier alpha value is -3.21. The molecule has 0 saturated carbocycles. The first-order valence-corrected chi connectivity index (χ1v) is 5.75. The minimum Gasteiger partial charge on any atom is -0.361 e. The number of carbonyl (C=O) groups excluding carboxylic acids is 4. The SMILES string of the molecule is NC(=O)C(=O)NNC(=O)C(=O)Nc1ccc(Cl)cc1[N+](=O)[O-]. The topological polar surface area (TPSA) is 174 Å². The van der Waals surface area contributed by atoms with Crippen molar-refractivity contribution in [1.29, 1.82) is 0 Å². The molecule has 0 aliphatic carbocycles. The fourth-order valence-electron chi connectivity index (χ4n) is 1.17. The zero-order valence-electron chi connectivity index (χ0n) is 10.6. The number of rotatable bonds is 2. The zero-order chi connectivity index (χ0) is 16.9. The maximum Gasteiger partial charge on any atom is 0.328 e. The van der Waals surface area contributed by atoms with E-state index < -0.39 is 34.2 Å². The van der Waals surface area contributed by atoms with Gasteiger partial charge in [-0.3, -0.25) is 40.1 Å². The van der Waals surface area contributed by atoms with Gasteiger partial charge >= 0.3 is 23.6 Å². The Morgan fingerprint density at radius 2 is 1.68 bits per heavy atom. The van der Waals surface area contributed by atoms with Crippen molar-refractivity contribution in [1.82, 2.24) is 10.9 Å². The highest BCUT2D eigenvalue weighted by Gasteiger charge is 2.21. The van der Waals surface area contributed by atoms with Crippen molar-refractivity contribution in [2.24, 2.45) is 5.73 Å². The molecule has 22 heavy (non-hydrogen) atoms. The molecule has 0 saturated heterocycles. The van der Waals surface area contributed by atoms with Gasteiger partial charge in [-0.15, -0.1) is 0 Å². The maximum atomic E-state index is 11.5. The first-order chi connectivity index (χ1) is 10.2.